The summed E-state index contributed by atoms with van der Waals surface area (Å²) in [5, 5.41) is 18.3. The number of aliphatic hydroxyl groups is 1. The first-order valence-corrected chi connectivity index (χ1v) is 7.86. The molecule has 2 N–H and O–H groups in total. The van der Waals surface area contributed by atoms with Gasteiger partial charge in [0.25, 0.3) is 0 Å². The molecule has 21 heavy (non-hydrogen) atoms. The number of carboxylic acid groups (broad SMARTS) is 1. The number of hydrogen-bond donors (Lipinski definition) is 2. The highest BCUT2D eigenvalue weighted by Gasteiger charge is 2.49. The number of urea groups is 1. The first-order valence-electron chi connectivity index (χ1n) is 7.86. The first kappa shape index (κ1) is 17.8. The molecule has 122 valence electrons. The minimum Gasteiger partial charge on any atom is -0.479 e. The third-order valence-electron chi connectivity index (χ3n) is 4.26. The van der Waals surface area contributed by atoms with Gasteiger partial charge in [0.2, 0.25) is 0 Å². The van der Waals surface area contributed by atoms with Gasteiger partial charge in [0.15, 0.2) is 0 Å². The Morgan fingerprint density at radius 3 is 2.57 bits per heavy atom. The van der Waals surface area contributed by atoms with Crippen LogP contribution in [0.3, 0.4) is 0 Å². The van der Waals surface area contributed by atoms with Crippen LogP contribution in [0.1, 0.15) is 51.9 Å². The molecular weight excluding hydrogens is 272 g/mol. The average Bonchev–Trinajstić information content (AvgIpc) is 2.88. The van der Waals surface area contributed by atoms with E-state index in [0.29, 0.717) is 25.9 Å². The number of aliphatic carboxylic acids is 1. The quantitative estimate of drug-likeness (QED) is 0.671. The second-order valence-electron chi connectivity index (χ2n) is 5.83. The number of rotatable bonds is 8. The summed E-state index contributed by atoms with van der Waals surface area (Å²) in [6.45, 7) is 3.23. The molecule has 6 nitrogen and oxygen atoms in total. The standard InChI is InChI=1S/C15H28N2O4/c1-3-8-15(13(19)20)9-7-11-17(15)14(21)16(2)10-5-4-6-12-18/h18H,3-12H2,1-2H3,(H,19,20). The normalized spacial score (nSPS) is 21.6. The Kier molecular flexibility index (Phi) is 6.95. The molecule has 0 bridgehead atoms. The molecule has 1 rings (SSSR count). The van der Waals surface area contributed by atoms with Crippen molar-refractivity contribution in [3.8, 4) is 0 Å². The Morgan fingerprint density at radius 2 is 2.00 bits per heavy atom. The summed E-state index contributed by atoms with van der Waals surface area (Å²) < 4.78 is 0. The van der Waals surface area contributed by atoms with Crippen LogP contribution in [-0.4, -0.2) is 64.3 Å². The topological polar surface area (TPSA) is 81.1 Å². The molecule has 1 unspecified atom stereocenters. The summed E-state index contributed by atoms with van der Waals surface area (Å²) in [7, 11) is 1.72. The van der Waals surface area contributed by atoms with E-state index in [1.807, 2.05) is 6.92 Å². The maximum Gasteiger partial charge on any atom is 0.329 e. The van der Waals surface area contributed by atoms with Gasteiger partial charge in [0, 0.05) is 26.7 Å². The van der Waals surface area contributed by atoms with Crippen LogP contribution in [0.4, 0.5) is 4.79 Å². The third kappa shape index (κ3) is 4.09. The summed E-state index contributed by atoms with van der Waals surface area (Å²) in [5.41, 5.74) is -1.02. The zero-order chi connectivity index (χ0) is 15.9. The van der Waals surface area contributed by atoms with E-state index in [1.54, 1.807) is 16.8 Å². The molecule has 1 atom stereocenters. The van der Waals surface area contributed by atoms with E-state index in [0.717, 1.165) is 32.1 Å². The molecule has 0 saturated carbocycles. The van der Waals surface area contributed by atoms with Gasteiger partial charge in [-0.05, 0) is 38.5 Å². The largest absolute Gasteiger partial charge is 0.479 e. The van der Waals surface area contributed by atoms with Crippen molar-refractivity contribution in [3.63, 3.8) is 0 Å². The van der Waals surface area contributed by atoms with Crippen LogP contribution in [0.5, 0.6) is 0 Å². The molecular formula is C15H28N2O4. The molecule has 6 heteroatoms. The maximum atomic E-state index is 12.5. The summed E-state index contributed by atoms with van der Waals surface area (Å²) in [6, 6.07) is -0.188. The van der Waals surface area contributed by atoms with Crippen LogP contribution in [0.25, 0.3) is 0 Å². The van der Waals surface area contributed by atoms with E-state index >= 15 is 0 Å². The van der Waals surface area contributed by atoms with Crippen LogP contribution in [-0.2, 0) is 4.79 Å². The Balaban J connectivity index is 2.68. The highest BCUT2D eigenvalue weighted by Crippen LogP contribution is 2.34. The number of unbranched alkanes of at least 4 members (excludes halogenated alkanes) is 2. The van der Waals surface area contributed by atoms with Gasteiger partial charge < -0.3 is 20.0 Å². The number of nitrogens with zero attached hydrogens (tertiary/aromatic N) is 2. The summed E-state index contributed by atoms with van der Waals surface area (Å²) >= 11 is 0. The fourth-order valence-electron chi connectivity index (χ4n) is 3.10. The lowest BCUT2D eigenvalue weighted by atomic mass is 9.91. The molecule has 1 saturated heterocycles. The van der Waals surface area contributed by atoms with Gasteiger partial charge in [-0.1, -0.05) is 13.3 Å². The fourth-order valence-corrected chi connectivity index (χ4v) is 3.10. The summed E-state index contributed by atoms with van der Waals surface area (Å²) in [6.07, 6.45) is 4.97. The second-order valence-corrected chi connectivity index (χ2v) is 5.83. The molecule has 0 radical (unpaired) electrons. The Morgan fingerprint density at radius 1 is 1.29 bits per heavy atom. The number of amides is 2. The van der Waals surface area contributed by atoms with Gasteiger partial charge >= 0.3 is 12.0 Å². The van der Waals surface area contributed by atoms with E-state index in [2.05, 4.69) is 0 Å². The van der Waals surface area contributed by atoms with Gasteiger partial charge in [0.05, 0.1) is 0 Å². The van der Waals surface area contributed by atoms with Crippen molar-refractivity contribution in [2.75, 3.05) is 26.7 Å². The van der Waals surface area contributed by atoms with Crippen LogP contribution < -0.4 is 0 Å². The van der Waals surface area contributed by atoms with Crippen LogP contribution in [0.2, 0.25) is 0 Å². The minimum atomic E-state index is -1.02. The summed E-state index contributed by atoms with van der Waals surface area (Å²) in [5.74, 6) is -0.885. The number of carboxylic acids is 1. The highest BCUT2D eigenvalue weighted by molar-refractivity contribution is 5.87. The molecule has 1 aliphatic heterocycles. The van der Waals surface area contributed by atoms with Crippen LogP contribution in [0.15, 0.2) is 0 Å². The highest BCUT2D eigenvalue weighted by atomic mass is 16.4. The SMILES string of the molecule is CCCC1(C(=O)O)CCCN1C(=O)N(C)CCCCCO. The van der Waals surface area contributed by atoms with Crippen molar-refractivity contribution in [3.05, 3.63) is 0 Å². The van der Waals surface area contributed by atoms with Crippen molar-refractivity contribution >= 4 is 12.0 Å². The molecule has 0 spiro atoms. The number of carbonyl (C=O) groups excluding carboxylic acids is 1. The van der Waals surface area contributed by atoms with Crippen molar-refractivity contribution in [2.45, 2.75) is 57.4 Å². The summed E-state index contributed by atoms with van der Waals surface area (Å²) in [4.78, 5) is 27.4. The number of hydrogen-bond acceptors (Lipinski definition) is 3. The second kappa shape index (κ2) is 8.22. The van der Waals surface area contributed by atoms with E-state index in [-0.39, 0.29) is 12.6 Å². The van der Waals surface area contributed by atoms with Gasteiger partial charge in [-0.2, -0.15) is 0 Å². The molecule has 1 fully saturated rings. The Hall–Kier alpha value is -1.30. The molecule has 1 aliphatic rings. The van der Waals surface area contributed by atoms with Gasteiger partial charge in [-0.25, -0.2) is 9.59 Å². The smallest absolute Gasteiger partial charge is 0.329 e. The van der Waals surface area contributed by atoms with Gasteiger partial charge in [-0.15, -0.1) is 0 Å². The van der Waals surface area contributed by atoms with Crippen LogP contribution in [0, 0.1) is 0 Å². The van der Waals surface area contributed by atoms with Crippen molar-refractivity contribution in [2.24, 2.45) is 0 Å². The average molecular weight is 300 g/mol. The molecule has 0 aromatic rings. The van der Waals surface area contributed by atoms with Crippen LogP contribution >= 0.6 is 0 Å². The monoisotopic (exact) mass is 300 g/mol. The number of aliphatic hydroxyl groups excluding tert-OH is 1. The zero-order valence-electron chi connectivity index (χ0n) is 13.2. The van der Waals surface area contributed by atoms with Gasteiger partial charge in [0.1, 0.15) is 5.54 Å². The predicted molar refractivity (Wildman–Crippen MR) is 80.2 cm³/mol. The lowest BCUT2D eigenvalue weighted by molar-refractivity contribution is -0.148. The Labute approximate surface area is 126 Å². The molecule has 0 aromatic heterocycles. The van der Waals surface area contributed by atoms with Gasteiger partial charge in [-0.3, -0.25) is 0 Å². The predicted octanol–water partition coefficient (Wildman–Crippen LogP) is 1.92. The van der Waals surface area contributed by atoms with Crippen molar-refractivity contribution < 1.29 is 19.8 Å². The lowest BCUT2D eigenvalue weighted by Crippen LogP contribution is -2.56. The lowest BCUT2D eigenvalue weighted by Gasteiger charge is -2.37. The fraction of sp³-hybridized carbons (Fsp3) is 0.867. The molecule has 1 heterocycles. The first-order chi connectivity index (χ1) is 9.99. The Bertz CT molecular complexity index is 362. The van der Waals surface area contributed by atoms with Crippen molar-refractivity contribution in [1.29, 1.82) is 0 Å². The third-order valence-corrected chi connectivity index (χ3v) is 4.26. The molecule has 0 aliphatic carbocycles. The number of carbonyl (C=O) groups is 2. The maximum absolute atomic E-state index is 12.5. The molecule has 0 aromatic carbocycles. The minimum absolute atomic E-state index is 0.169. The number of likely N-dealkylation sites (tertiary alicyclic amines) is 1. The van der Waals surface area contributed by atoms with E-state index in [9.17, 15) is 14.7 Å². The van der Waals surface area contributed by atoms with E-state index < -0.39 is 11.5 Å². The van der Waals surface area contributed by atoms with E-state index in [4.69, 9.17) is 5.11 Å². The zero-order valence-corrected chi connectivity index (χ0v) is 13.2. The van der Waals surface area contributed by atoms with Crippen molar-refractivity contribution in [1.82, 2.24) is 9.80 Å². The van der Waals surface area contributed by atoms with E-state index in [1.165, 1.54) is 0 Å². The molecule has 2 amide bonds.